The zero-order chi connectivity index (χ0) is 15.1. The predicted octanol–water partition coefficient (Wildman–Crippen LogP) is 1.27. The highest BCUT2D eigenvalue weighted by Gasteiger charge is 2.31. The van der Waals surface area contributed by atoms with Crippen LogP contribution in [0.5, 0.6) is 0 Å². The smallest absolute Gasteiger partial charge is 0.234 e. The third-order valence-electron chi connectivity index (χ3n) is 4.31. The van der Waals surface area contributed by atoms with Gasteiger partial charge in [0.1, 0.15) is 0 Å². The van der Waals surface area contributed by atoms with Crippen molar-refractivity contribution in [3.63, 3.8) is 0 Å². The van der Waals surface area contributed by atoms with Crippen LogP contribution in [0.1, 0.15) is 52.9 Å². The summed E-state index contributed by atoms with van der Waals surface area (Å²) in [5.41, 5.74) is 5.49. The van der Waals surface area contributed by atoms with Crippen LogP contribution in [0, 0.1) is 5.92 Å². The Labute approximate surface area is 122 Å². The van der Waals surface area contributed by atoms with Gasteiger partial charge in [-0.2, -0.15) is 0 Å². The van der Waals surface area contributed by atoms with E-state index in [1.807, 2.05) is 4.90 Å². The van der Waals surface area contributed by atoms with Gasteiger partial charge in [-0.05, 0) is 18.8 Å². The summed E-state index contributed by atoms with van der Waals surface area (Å²) in [6.45, 7) is 7.41. The number of rotatable bonds is 7. The number of unbranched alkanes of at least 4 members (excludes halogenated alkanes) is 1. The molecule has 1 aliphatic rings. The van der Waals surface area contributed by atoms with Crippen LogP contribution in [0.15, 0.2) is 0 Å². The van der Waals surface area contributed by atoms with E-state index in [2.05, 4.69) is 19.2 Å². The van der Waals surface area contributed by atoms with Crippen molar-refractivity contribution in [3.8, 4) is 0 Å². The maximum Gasteiger partial charge on any atom is 0.234 e. The number of primary amides is 1. The Morgan fingerprint density at radius 3 is 2.60 bits per heavy atom. The first-order valence-electron chi connectivity index (χ1n) is 7.80. The third kappa shape index (κ3) is 4.78. The number of likely N-dealkylation sites (tertiary alicyclic amines) is 1. The molecule has 0 aliphatic carbocycles. The summed E-state index contributed by atoms with van der Waals surface area (Å²) in [6.07, 6.45) is 4.76. The first-order valence-corrected chi connectivity index (χ1v) is 7.80. The van der Waals surface area contributed by atoms with Gasteiger partial charge < -0.3 is 16.0 Å². The number of nitrogens with zero attached hydrogens (tertiary/aromatic N) is 1. The molecule has 2 amide bonds. The van der Waals surface area contributed by atoms with Crippen LogP contribution in [-0.2, 0) is 9.59 Å². The molecular weight excluding hydrogens is 254 g/mol. The molecule has 1 fully saturated rings. The summed E-state index contributed by atoms with van der Waals surface area (Å²) >= 11 is 0. The minimum atomic E-state index is -0.262. The molecule has 0 bridgehead atoms. The Morgan fingerprint density at radius 2 is 2.10 bits per heavy atom. The van der Waals surface area contributed by atoms with Crippen molar-refractivity contribution >= 4 is 11.8 Å². The van der Waals surface area contributed by atoms with Gasteiger partial charge in [0.2, 0.25) is 11.8 Å². The minimum absolute atomic E-state index is 0.138. The Kier molecular flexibility index (Phi) is 6.99. The number of carbonyl (C=O) groups is 2. The van der Waals surface area contributed by atoms with Crippen LogP contribution >= 0.6 is 0 Å². The second kappa shape index (κ2) is 8.25. The second-order valence-corrected chi connectivity index (χ2v) is 5.79. The van der Waals surface area contributed by atoms with Crippen molar-refractivity contribution in [1.82, 2.24) is 10.2 Å². The maximum atomic E-state index is 11.5. The van der Waals surface area contributed by atoms with Crippen molar-refractivity contribution in [2.24, 2.45) is 11.7 Å². The normalized spacial score (nSPS) is 24.4. The van der Waals surface area contributed by atoms with E-state index in [9.17, 15) is 9.59 Å². The topological polar surface area (TPSA) is 75.4 Å². The zero-order valence-electron chi connectivity index (χ0n) is 13.0. The molecule has 1 aliphatic heterocycles. The van der Waals surface area contributed by atoms with Crippen LogP contribution in [0.4, 0.5) is 0 Å². The van der Waals surface area contributed by atoms with Gasteiger partial charge in [-0.3, -0.25) is 9.59 Å². The lowest BCUT2D eigenvalue weighted by molar-refractivity contribution is -0.131. The molecule has 5 heteroatoms. The fraction of sp³-hybridized carbons (Fsp3) is 0.867. The fourth-order valence-electron chi connectivity index (χ4n) is 2.93. The Bertz CT molecular complexity index is 333. The standard InChI is InChI=1S/C15H29N3O2/c1-4-6-7-14(15(16)20)17-13-8-9-18(11(3)19)10-12(13)5-2/h12-14,17H,4-10H2,1-3H3,(H2,16,20)/t12-,13-,14-/m0/s1. The molecule has 0 unspecified atom stereocenters. The number of piperidine rings is 1. The lowest BCUT2D eigenvalue weighted by Gasteiger charge is -2.39. The molecule has 1 rings (SSSR count). The Balaban J connectivity index is 2.60. The van der Waals surface area contributed by atoms with Crippen LogP contribution < -0.4 is 11.1 Å². The van der Waals surface area contributed by atoms with Gasteiger partial charge in [0, 0.05) is 26.1 Å². The number of amides is 2. The number of hydrogen-bond acceptors (Lipinski definition) is 3. The summed E-state index contributed by atoms with van der Waals surface area (Å²) in [7, 11) is 0. The Hall–Kier alpha value is -1.10. The van der Waals surface area contributed by atoms with E-state index in [0.717, 1.165) is 45.2 Å². The molecule has 0 radical (unpaired) electrons. The summed E-state index contributed by atoms with van der Waals surface area (Å²) in [5.74, 6) is 0.276. The highest BCUT2D eigenvalue weighted by molar-refractivity contribution is 5.79. The predicted molar refractivity (Wildman–Crippen MR) is 80.1 cm³/mol. The molecule has 5 nitrogen and oxygen atoms in total. The highest BCUT2D eigenvalue weighted by atomic mass is 16.2. The lowest BCUT2D eigenvalue weighted by Crippen LogP contribution is -2.55. The van der Waals surface area contributed by atoms with E-state index < -0.39 is 0 Å². The van der Waals surface area contributed by atoms with E-state index in [-0.39, 0.29) is 23.9 Å². The first-order chi connectivity index (χ1) is 9.49. The van der Waals surface area contributed by atoms with Gasteiger partial charge in [0.15, 0.2) is 0 Å². The van der Waals surface area contributed by atoms with Gasteiger partial charge in [-0.15, -0.1) is 0 Å². The van der Waals surface area contributed by atoms with Crippen LogP contribution in [0.25, 0.3) is 0 Å². The van der Waals surface area contributed by atoms with Crippen LogP contribution in [-0.4, -0.2) is 41.9 Å². The zero-order valence-corrected chi connectivity index (χ0v) is 13.0. The van der Waals surface area contributed by atoms with Crippen molar-refractivity contribution < 1.29 is 9.59 Å². The van der Waals surface area contributed by atoms with Gasteiger partial charge in [-0.1, -0.05) is 33.1 Å². The fourth-order valence-corrected chi connectivity index (χ4v) is 2.93. The molecule has 20 heavy (non-hydrogen) atoms. The van der Waals surface area contributed by atoms with E-state index in [1.165, 1.54) is 0 Å². The lowest BCUT2D eigenvalue weighted by atomic mass is 9.89. The van der Waals surface area contributed by atoms with Crippen molar-refractivity contribution in [2.45, 2.75) is 65.0 Å². The Morgan fingerprint density at radius 1 is 1.40 bits per heavy atom. The van der Waals surface area contributed by atoms with Crippen molar-refractivity contribution in [2.75, 3.05) is 13.1 Å². The average Bonchev–Trinajstić information content (AvgIpc) is 2.42. The van der Waals surface area contributed by atoms with E-state index in [1.54, 1.807) is 6.92 Å². The molecule has 0 aromatic rings. The minimum Gasteiger partial charge on any atom is -0.368 e. The summed E-state index contributed by atoms with van der Waals surface area (Å²) in [5, 5.41) is 3.44. The van der Waals surface area contributed by atoms with E-state index in [4.69, 9.17) is 5.73 Å². The van der Waals surface area contributed by atoms with E-state index in [0.29, 0.717) is 5.92 Å². The molecule has 1 saturated heterocycles. The van der Waals surface area contributed by atoms with Crippen molar-refractivity contribution in [1.29, 1.82) is 0 Å². The monoisotopic (exact) mass is 283 g/mol. The van der Waals surface area contributed by atoms with Gasteiger partial charge in [0.25, 0.3) is 0 Å². The SMILES string of the molecule is CCCC[C@H](N[C@H]1CCN(C(C)=O)C[C@@H]1CC)C(N)=O. The van der Waals surface area contributed by atoms with Crippen LogP contribution in [0.3, 0.4) is 0 Å². The molecule has 1 heterocycles. The van der Waals surface area contributed by atoms with Crippen molar-refractivity contribution in [3.05, 3.63) is 0 Å². The molecular formula is C15H29N3O2. The molecule has 3 N–H and O–H groups in total. The molecule has 116 valence electrons. The largest absolute Gasteiger partial charge is 0.368 e. The maximum absolute atomic E-state index is 11.5. The number of nitrogens with two attached hydrogens (primary N) is 1. The van der Waals surface area contributed by atoms with Gasteiger partial charge in [-0.25, -0.2) is 0 Å². The van der Waals surface area contributed by atoms with E-state index >= 15 is 0 Å². The summed E-state index contributed by atoms with van der Waals surface area (Å²) < 4.78 is 0. The van der Waals surface area contributed by atoms with Crippen LogP contribution in [0.2, 0.25) is 0 Å². The quantitative estimate of drug-likeness (QED) is 0.739. The average molecular weight is 283 g/mol. The number of nitrogens with one attached hydrogen (secondary N) is 1. The molecule has 0 aromatic heterocycles. The number of carbonyl (C=O) groups excluding carboxylic acids is 2. The molecule has 0 aromatic carbocycles. The van der Waals surface area contributed by atoms with Gasteiger partial charge >= 0.3 is 0 Å². The number of hydrogen-bond donors (Lipinski definition) is 2. The first kappa shape index (κ1) is 17.0. The molecule has 3 atom stereocenters. The van der Waals surface area contributed by atoms with Gasteiger partial charge in [0.05, 0.1) is 6.04 Å². The molecule has 0 saturated carbocycles. The molecule has 0 spiro atoms. The highest BCUT2D eigenvalue weighted by Crippen LogP contribution is 2.21. The summed E-state index contributed by atoms with van der Waals surface area (Å²) in [4.78, 5) is 24.9. The second-order valence-electron chi connectivity index (χ2n) is 5.79. The third-order valence-corrected chi connectivity index (χ3v) is 4.31. The summed E-state index contributed by atoms with van der Waals surface area (Å²) in [6, 6.07) is 0.0443.